The number of piperidine rings is 2. The number of nitrogens with zero attached hydrogens (tertiary/aromatic N) is 8. The maximum atomic E-state index is 14.3. The van der Waals surface area contributed by atoms with Crippen molar-refractivity contribution in [3.8, 4) is 28.5 Å². The monoisotopic (exact) mass is 1430 g/mol. The molecule has 24 heteroatoms. The molecule has 4 N–H and O–H groups in total. The number of carbonyl (C=O) groups excluding carboxylic acids is 5. The Hall–Kier alpha value is -10.4. The Morgan fingerprint density at radius 1 is 0.600 bits per heavy atom. The van der Waals surface area contributed by atoms with Crippen LogP contribution in [0.2, 0.25) is 0 Å². The minimum Gasteiger partial charge on any atom is -0.457 e. The Labute approximate surface area is 608 Å². The molecule has 14 rings (SSSR count). The van der Waals surface area contributed by atoms with Crippen molar-refractivity contribution < 1.29 is 57.3 Å². The maximum Gasteiger partial charge on any atom is 0.415 e. The second kappa shape index (κ2) is 30.0. The molecule has 4 aromatic heterocycles. The number of pyridine rings is 4. The predicted molar refractivity (Wildman–Crippen MR) is 395 cm³/mol. The standard InChI is InChI=1S/C46H54N6O8.C35H36N4O6/c1-5-46(59-42(54)36(47)24-29-12-8-6-9-13-29)35-26-38-40-30(27-52(38)41(53)34(35)28-57-43(46)55)25-33-32(16-19-48-60-45(2,3)4)39(15-14-37(33)49-40)58-44(56)51-22-17-31(18-23-51)50-20-10-7-11-21-50;1-5-35(44-32(41)27(36)16-21-10-7-6-8-11-21)26-18-29-30-23(19-39(29)31(40)25(26)20-43-33(35)42)17-24-22(12-9-13-28(24)38-30)14-15-37-45-34(2,3)4/h6,8-9,12-15,19,25-26,31,36H,5,7,10-11,16-18,20-24,27-28,47H2,1-4H3;6-13,15,17-18,27H,5,14,16,19-20,36H2,1-4H3/b48-19+;37-15+/t36-,46-;27-,35-/m00/s1. The van der Waals surface area contributed by atoms with Crippen LogP contribution in [0.5, 0.6) is 5.75 Å². The van der Waals surface area contributed by atoms with Gasteiger partial charge in [0.2, 0.25) is 11.2 Å². The number of hydrogen-bond donors (Lipinski definition) is 2. The van der Waals surface area contributed by atoms with Crippen LogP contribution in [0.1, 0.15) is 156 Å². The van der Waals surface area contributed by atoms with Crippen molar-refractivity contribution in [1.82, 2.24) is 28.9 Å². The van der Waals surface area contributed by atoms with Crippen LogP contribution in [0.15, 0.2) is 135 Å². The molecular weight excluding hydrogens is 1340 g/mol. The lowest BCUT2D eigenvalue weighted by atomic mass is 9.85. The SMILES string of the molecule is CC[C@@]1(OC(=O)[C@@H](N)Cc2ccccc2)C(=O)OCc2c1cc1n(c2=O)Cc2cc3c(C/C=N/OC(C)(C)C)c(OC(=O)N4CCC(N5CCCCC5)CC4)ccc3nc2-1.CC[C@@]1(OC(=O)[C@@H](N)Cc2ccccc2)C(=O)OCc2c1cc1n(c2=O)Cc2cc3c(C/C=N/OC(C)(C)C)cccc3nc2-1. The third-order valence-electron chi connectivity index (χ3n) is 20.3. The first-order valence-corrected chi connectivity index (χ1v) is 36.3. The van der Waals surface area contributed by atoms with E-state index in [9.17, 15) is 33.6 Å². The fraction of sp³-hybridized carbons (Fsp3) is 0.420. The summed E-state index contributed by atoms with van der Waals surface area (Å²) in [5.41, 5.74) is 17.0. The molecule has 4 aromatic carbocycles. The Bertz CT molecular complexity index is 4870. The molecule has 0 aliphatic carbocycles. The summed E-state index contributed by atoms with van der Waals surface area (Å²) in [7, 11) is 0. The number of amides is 1. The van der Waals surface area contributed by atoms with E-state index in [-0.39, 0.29) is 85.3 Å². The van der Waals surface area contributed by atoms with Gasteiger partial charge in [0.1, 0.15) is 42.2 Å². The largest absolute Gasteiger partial charge is 0.457 e. The van der Waals surface area contributed by atoms with Crippen LogP contribution in [0.25, 0.3) is 44.6 Å². The normalized spacial score (nSPS) is 19.1. The molecule has 6 aliphatic rings. The third kappa shape index (κ3) is 15.0. The highest BCUT2D eigenvalue weighted by molar-refractivity contribution is 5.94. The number of esters is 4. The summed E-state index contributed by atoms with van der Waals surface area (Å²) in [6.07, 6.45) is 9.92. The van der Waals surface area contributed by atoms with Gasteiger partial charge < -0.3 is 63.8 Å². The lowest BCUT2D eigenvalue weighted by Gasteiger charge is -2.39. The number of hydrogen-bond acceptors (Lipinski definition) is 21. The van der Waals surface area contributed by atoms with E-state index < -0.39 is 58.9 Å². The van der Waals surface area contributed by atoms with Crippen molar-refractivity contribution >= 4 is 64.2 Å². The van der Waals surface area contributed by atoms with Crippen molar-refractivity contribution in [2.75, 3.05) is 26.2 Å². The molecule has 0 bridgehead atoms. The highest BCUT2D eigenvalue weighted by Gasteiger charge is 2.53. The van der Waals surface area contributed by atoms with Gasteiger partial charge in [0.25, 0.3) is 11.1 Å². The van der Waals surface area contributed by atoms with Gasteiger partial charge in [0.05, 0.1) is 58.0 Å². The summed E-state index contributed by atoms with van der Waals surface area (Å²) in [6.45, 7) is 18.5. The van der Waals surface area contributed by atoms with E-state index in [1.165, 1.54) is 19.3 Å². The molecule has 0 unspecified atom stereocenters. The van der Waals surface area contributed by atoms with Gasteiger partial charge in [-0.1, -0.05) is 103 Å². The molecule has 4 atom stereocenters. The third-order valence-corrected chi connectivity index (χ3v) is 20.3. The summed E-state index contributed by atoms with van der Waals surface area (Å²) in [5.74, 6) is -2.62. The molecule has 6 aliphatic heterocycles. The van der Waals surface area contributed by atoms with Crippen molar-refractivity contribution in [2.45, 2.75) is 193 Å². The second-order valence-corrected chi connectivity index (χ2v) is 29.7. The van der Waals surface area contributed by atoms with E-state index in [4.69, 9.17) is 54.8 Å². The summed E-state index contributed by atoms with van der Waals surface area (Å²) in [5, 5.41) is 10.0. The Morgan fingerprint density at radius 2 is 1.09 bits per heavy atom. The van der Waals surface area contributed by atoms with Crippen LogP contribution >= 0.6 is 0 Å². The van der Waals surface area contributed by atoms with Crippen LogP contribution in [0.4, 0.5) is 4.79 Å². The first kappa shape index (κ1) is 72.9. The summed E-state index contributed by atoms with van der Waals surface area (Å²) in [4.78, 5) is 121. The van der Waals surface area contributed by atoms with Crippen molar-refractivity contribution in [3.05, 3.63) is 192 Å². The lowest BCUT2D eigenvalue weighted by molar-refractivity contribution is -0.190. The molecule has 8 aromatic rings. The van der Waals surface area contributed by atoms with Crippen LogP contribution in [0, 0.1) is 0 Å². The van der Waals surface area contributed by atoms with Crippen molar-refractivity contribution in [2.24, 2.45) is 21.8 Å². The van der Waals surface area contributed by atoms with Gasteiger partial charge in [0, 0.05) is 83.0 Å². The van der Waals surface area contributed by atoms with Gasteiger partial charge in [-0.15, -0.1) is 0 Å². The number of nitrogens with two attached hydrogens (primary N) is 2. The van der Waals surface area contributed by atoms with Crippen molar-refractivity contribution in [1.29, 1.82) is 0 Å². The Kier molecular flexibility index (Phi) is 20.8. The number of benzene rings is 4. The quantitative estimate of drug-likeness (QED) is 0.0349. The zero-order valence-corrected chi connectivity index (χ0v) is 60.7. The van der Waals surface area contributed by atoms with Gasteiger partial charge in [0.15, 0.2) is 0 Å². The average Bonchev–Trinajstić information content (AvgIpc) is 1.66. The molecular formula is C81H90N10O14. The van der Waals surface area contributed by atoms with E-state index in [1.807, 2.05) is 133 Å². The molecule has 1 amide bonds. The van der Waals surface area contributed by atoms with Crippen LogP contribution in [0.3, 0.4) is 0 Å². The lowest BCUT2D eigenvalue weighted by Crippen LogP contribution is -2.50. The number of rotatable bonds is 18. The van der Waals surface area contributed by atoms with Gasteiger partial charge in [-0.2, -0.15) is 0 Å². The zero-order chi connectivity index (χ0) is 74.1. The fourth-order valence-electron chi connectivity index (χ4n) is 14.9. The molecule has 0 spiro atoms. The predicted octanol–water partition coefficient (Wildman–Crippen LogP) is 10.5. The molecule has 0 radical (unpaired) electrons. The first-order valence-electron chi connectivity index (χ1n) is 36.3. The topological polar surface area (TPSA) is 303 Å². The molecule has 2 fully saturated rings. The second-order valence-electron chi connectivity index (χ2n) is 29.7. The van der Waals surface area contributed by atoms with Crippen LogP contribution in [-0.4, -0.2) is 127 Å². The fourth-order valence-corrected chi connectivity index (χ4v) is 14.9. The molecule has 0 saturated carbocycles. The number of fused-ring (bicyclic) bond motifs is 10. The summed E-state index contributed by atoms with van der Waals surface area (Å²) in [6, 6.07) is 33.9. The average molecular weight is 1430 g/mol. The zero-order valence-electron chi connectivity index (χ0n) is 60.7. The smallest absolute Gasteiger partial charge is 0.415 e. The number of ether oxygens (including phenoxy) is 5. The number of cyclic esters (lactones) is 2. The number of likely N-dealkylation sites (tertiary alicyclic amines) is 2. The van der Waals surface area contributed by atoms with Gasteiger partial charge in [-0.05, 0) is 165 Å². The van der Waals surface area contributed by atoms with Crippen LogP contribution in [-0.2, 0) is 111 Å². The highest BCUT2D eigenvalue weighted by atomic mass is 16.7. The Morgan fingerprint density at radius 3 is 1.58 bits per heavy atom. The number of oxime groups is 2. The van der Waals surface area contributed by atoms with Gasteiger partial charge >= 0.3 is 30.0 Å². The number of aromatic nitrogens is 4. The van der Waals surface area contributed by atoms with Gasteiger partial charge in [-0.3, -0.25) is 19.2 Å². The molecule has 548 valence electrons. The van der Waals surface area contributed by atoms with E-state index in [0.717, 1.165) is 70.0 Å². The molecule has 105 heavy (non-hydrogen) atoms. The minimum atomic E-state index is -1.88. The Balaban J connectivity index is 0.000000194. The maximum absolute atomic E-state index is 14.3. The molecule has 2 saturated heterocycles. The summed E-state index contributed by atoms with van der Waals surface area (Å²) < 4.78 is 32.3. The minimum absolute atomic E-state index is 0.0192. The van der Waals surface area contributed by atoms with Crippen LogP contribution < -0.4 is 27.3 Å². The van der Waals surface area contributed by atoms with Crippen molar-refractivity contribution in [3.63, 3.8) is 0 Å². The molecule has 10 heterocycles. The molecule has 24 nitrogen and oxygen atoms in total. The van der Waals surface area contributed by atoms with E-state index >= 15 is 0 Å². The van der Waals surface area contributed by atoms with E-state index in [2.05, 4.69) is 15.2 Å². The van der Waals surface area contributed by atoms with E-state index in [1.54, 1.807) is 64.6 Å². The number of carbonyl (C=O) groups is 5. The van der Waals surface area contributed by atoms with E-state index in [0.29, 0.717) is 77.3 Å². The summed E-state index contributed by atoms with van der Waals surface area (Å²) >= 11 is 0. The first-order chi connectivity index (χ1) is 50.3. The highest BCUT2D eigenvalue weighted by Crippen LogP contribution is 2.44. The van der Waals surface area contributed by atoms with Gasteiger partial charge in [-0.25, -0.2) is 24.4 Å².